The Labute approximate surface area is 129 Å². The molecule has 0 bridgehead atoms. The van der Waals surface area contributed by atoms with E-state index in [2.05, 4.69) is 10.0 Å². The van der Waals surface area contributed by atoms with Crippen molar-refractivity contribution in [2.24, 2.45) is 0 Å². The van der Waals surface area contributed by atoms with E-state index < -0.39 is 41.5 Å². The van der Waals surface area contributed by atoms with E-state index in [0.717, 1.165) is 0 Å². The van der Waals surface area contributed by atoms with Crippen molar-refractivity contribution >= 4 is 11.0 Å². The first-order valence-corrected chi connectivity index (χ1v) is 8.16. The lowest BCUT2D eigenvalue weighted by molar-refractivity contribution is -0.284. The molecule has 10 heteroatoms. The molecular weight excluding hydrogens is 331 g/mol. The topological polar surface area (TPSA) is 61.4 Å². The molecule has 0 rings (SSSR count). The van der Waals surface area contributed by atoms with Crippen molar-refractivity contribution in [3.05, 3.63) is 0 Å². The van der Waals surface area contributed by atoms with Gasteiger partial charge in [-0.15, -0.1) is 0 Å². The number of alkyl halides is 5. The average Bonchev–Trinajstić information content (AvgIpc) is 2.30. The van der Waals surface area contributed by atoms with E-state index in [1.807, 2.05) is 0 Å². The van der Waals surface area contributed by atoms with E-state index in [1.165, 1.54) is 0 Å². The highest BCUT2D eigenvalue weighted by atomic mass is 32.2. The molecule has 3 N–H and O–H groups in total. The van der Waals surface area contributed by atoms with Crippen molar-refractivity contribution in [1.82, 2.24) is 10.0 Å². The fraction of sp³-hybridized carbons (Fsp3) is 1.00. The molecular formula is C12H23F5N2O2S. The van der Waals surface area contributed by atoms with Gasteiger partial charge in [0.15, 0.2) is 0 Å². The minimum absolute atomic E-state index is 0.261. The van der Waals surface area contributed by atoms with Crippen LogP contribution in [0.2, 0.25) is 0 Å². The Balaban J connectivity index is 3.68. The smallest absolute Gasteiger partial charge is 0.389 e. The lowest BCUT2D eigenvalue weighted by Gasteiger charge is -2.19. The molecule has 134 valence electrons. The molecule has 0 aliphatic heterocycles. The van der Waals surface area contributed by atoms with Crippen LogP contribution in [-0.4, -0.2) is 52.4 Å². The minimum Gasteiger partial charge on any atom is -0.389 e. The lowest BCUT2D eigenvalue weighted by atomic mass is 10.1. The van der Waals surface area contributed by atoms with Gasteiger partial charge in [-0.25, -0.2) is 8.93 Å². The second kappa shape index (κ2) is 9.09. The lowest BCUT2D eigenvalue weighted by Crippen LogP contribution is -2.37. The SMILES string of the molecule is CC(C)(O)CNCCCNS(=O)CCCC(F)(F)C(F)(F)F. The van der Waals surface area contributed by atoms with Crippen LogP contribution in [0.3, 0.4) is 0 Å². The first kappa shape index (κ1) is 21.7. The third-order valence-electron chi connectivity index (χ3n) is 2.59. The molecule has 0 radical (unpaired) electrons. The second-order valence-corrected chi connectivity index (χ2v) is 6.98. The van der Waals surface area contributed by atoms with E-state index >= 15 is 0 Å². The van der Waals surface area contributed by atoms with Crippen molar-refractivity contribution < 1.29 is 31.3 Å². The van der Waals surface area contributed by atoms with Crippen LogP contribution in [0.1, 0.15) is 33.1 Å². The third-order valence-corrected chi connectivity index (χ3v) is 3.77. The van der Waals surface area contributed by atoms with Gasteiger partial charge in [0.05, 0.1) is 16.6 Å². The Bertz CT molecular complexity index is 345. The van der Waals surface area contributed by atoms with E-state index in [9.17, 15) is 31.3 Å². The molecule has 0 aliphatic carbocycles. The van der Waals surface area contributed by atoms with Crippen LogP contribution < -0.4 is 10.0 Å². The molecule has 0 saturated carbocycles. The largest absolute Gasteiger partial charge is 0.453 e. The summed E-state index contributed by atoms with van der Waals surface area (Å²) in [6.45, 7) is 4.57. The number of hydrogen-bond donors (Lipinski definition) is 3. The van der Waals surface area contributed by atoms with Crippen LogP contribution in [0, 0.1) is 0 Å². The standard InChI is InChI=1S/C12H23F5N2O2S/c1-10(2,20)9-18-6-4-7-19-22(21)8-3-5-11(13,14)12(15,16)17/h18-20H,3-9H2,1-2H3. The Morgan fingerprint density at radius 3 is 2.14 bits per heavy atom. The van der Waals surface area contributed by atoms with Gasteiger partial charge in [0, 0.05) is 25.3 Å². The summed E-state index contributed by atoms with van der Waals surface area (Å²) in [5.41, 5.74) is -0.833. The Kier molecular flexibility index (Phi) is 8.96. The van der Waals surface area contributed by atoms with Crippen LogP contribution in [0.4, 0.5) is 22.0 Å². The summed E-state index contributed by atoms with van der Waals surface area (Å²) >= 11 is 0. The van der Waals surface area contributed by atoms with E-state index in [1.54, 1.807) is 13.8 Å². The average molecular weight is 354 g/mol. The van der Waals surface area contributed by atoms with Crippen LogP contribution >= 0.6 is 0 Å². The zero-order chi connectivity index (χ0) is 17.4. The van der Waals surface area contributed by atoms with Gasteiger partial charge >= 0.3 is 12.1 Å². The number of hydrogen-bond acceptors (Lipinski definition) is 3. The van der Waals surface area contributed by atoms with Gasteiger partial charge in [-0.3, -0.25) is 0 Å². The maximum Gasteiger partial charge on any atom is 0.453 e. The van der Waals surface area contributed by atoms with E-state index in [-0.39, 0.29) is 5.75 Å². The predicted molar refractivity (Wildman–Crippen MR) is 75.0 cm³/mol. The Morgan fingerprint density at radius 1 is 1.05 bits per heavy atom. The van der Waals surface area contributed by atoms with E-state index in [0.29, 0.717) is 26.1 Å². The normalized spacial score (nSPS) is 15.1. The molecule has 4 nitrogen and oxygen atoms in total. The first-order valence-electron chi connectivity index (χ1n) is 6.85. The monoisotopic (exact) mass is 354 g/mol. The zero-order valence-electron chi connectivity index (χ0n) is 12.6. The highest BCUT2D eigenvalue weighted by molar-refractivity contribution is 7.83. The van der Waals surface area contributed by atoms with Crippen molar-refractivity contribution in [2.75, 3.05) is 25.4 Å². The minimum atomic E-state index is -5.56. The van der Waals surface area contributed by atoms with Gasteiger partial charge in [-0.2, -0.15) is 22.0 Å². The number of halogens is 5. The van der Waals surface area contributed by atoms with Crippen LogP contribution in [-0.2, 0) is 11.0 Å². The molecule has 0 aliphatic rings. The molecule has 1 unspecified atom stereocenters. The molecule has 1 atom stereocenters. The second-order valence-electron chi connectivity index (χ2n) is 5.59. The molecule has 0 amide bonds. The molecule has 0 saturated heterocycles. The highest BCUT2D eigenvalue weighted by Gasteiger charge is 2.56. The summed E-state index contributed by atoms with van der Waals surface area (Å²) in [6.07, 6.45) is -6.82. The van der Waals surface area contributed by atoms with Crippen molar-refractivity contribution in [2.45, 2.75) is 50.8 Å². The Hall–Kier alpha value is -0.320. The number of nitrogens with one attached hydrogen (secondary N) is 2. The summed E-state index contributed by atoms with van der Waals surface area (Å²) in [6, 6.07) is 0. The van der Waals surface area contributed by atoms with Gasteiger partial charge in [-0.05, 0) is 33.2 Å². The summed E-state index contributed by atoms with van der Waals surface area (Å²) in [5, 5.41) is 12.4. The molecule has 22 heavy (non-hydrogen) atoms. The summed E-state index contributed by atoms with van der Waals surface area (Å²) in [4.78, 5) is 0. The first-order chi connectivity index (χ1) is 9.85. The number of rotatable bonds is 11. The summed E-state index contributed by atoms with van der Waals surface area (Å²) in [5.74, 6) is -5.00. The fourth-order valence-corrected chi connectivity index (χ4v) is 2.36. The van der Waals surface area contributed by atoms with E-state index in [4.69, 9.17) is 0 Å². The van der Waals surface area contributed by atoms with Gasteiger partial charge < -0.3 is 10.4 Å². The molecule has 0 aromatic heterocycles. The third kappa shape index (κ3) is 10.4. The maximum absolute atomic E-state index is 12.6. The number of aliphatic hydroxyl groups is 1. The van der Waals surface area contributed by atoms with Crippen molar-refractivity contribution in [3.63, 3.8) is 0 Å². The Morgan fingerprint density at radius 2 is 1.64 bits per heavy atom. The van der Waals surface area contributed by atoms with Crippen molar-refractivity contribution in [1.29, 1.82) is 0 Å². The van der Waals surface area contributed by atoms with Gasteiger partial charge in [-0.1, -0.05) is 0 Å². The van der Waals surface area contributed by atoms with Gasteiger partial charge in [0.2, 0.25) is 0 Å². The molecule has 0 aromatic carbocycles. The maximum atomic E-state index is 12.6. The predicted octanol–water partition coefficient (Wildman–Crippen LogP) is 1.97. The summed E-state index contributed by atoms with van der Waals surface area (Å²) in [7, 11) is -1.63. The summed E-state index contributed by atoms with van der Waals surface area (Å²) < 4.78 is 74.8. The van der Waals surface area contributed by atoms with Gasteiger partial charge in [0.1, 0.15) is 0 Å². The van der Waals surface area contributed by atoms with Gasteiger partial charge in [0.25, 0.3) is 0 Å². The fourth-order valence-electron chi connectivity index (χ4n) is 1.43. The zero-order valence-corrected chi connectivity index (χ0v) is 13.4. The molecule has 0 aromatic rings. The van der Waals surface area contributed by atoms with Crippen molar-refractivity contribution in [3.8, 4) is 0 Å². The molecule has 0 fully saturated rings. The van der Waals surface area contributed by atoms with Crippen LogP contribution in [0.5, 0.6) is 0 Å². The van der Waals surface area contributed by atoms with Crippen LogP contribution in [0.25, 0.3) is 0 Å². The quantitative estimate of drug-likeness (QED) is 0.393. The van der Waals surface area contributed by atoms with Crippen LogP contribution in [0.15, 0.2) is 0 Å². The molecule has 0 heterocycles. The highest BCUT2D eigenvalue weighted by Crippen LogP contribution is 2.38. The molecule has 0 spiro atoms.